The number of carboxylic acids is 1. The van der Waals surface area contributed by atoms with E-state index in [-0.39, 0.29) is 21.4 Å². The van der Waals surface area contributed by atoms with Crippen LogP contribution in [0.3, 0.4) is 0 Å². The number of ether oxygens (including phenoxy) is 1. The van der Waals surface area contributed by atoms with Gasteiger partial charge in [-0.3, -0.25) is 0 Å². The zero-order valence-electron chi connectivity index (χ0n) is 11.4. The Bertz CT molecular complexity index is 561. The van der Waals surface area contributed by atoms with E-state index in [4.69, 9.17) is 33.0 Å². The fourth-order valence-electron chi connectivity index (χ4n) is 1.78. The van der Waals surface area contributed by atoms with Gasteiger partial charge in [-0.2, -0.15) is 0 Å². The predicted octanol–water partition coefficient (Wildman–Crippen LogP) is 4.56. The van der Waals surface area contributed by atoms with E-state index in [0.717, 1.165) is 0 Å². The number of carboxylic acid groups (broad SMARTS) is 1. The molecule has 1 aliphatic heterocycles. The number of aliphatic carboxylic acids is 1. The van der Waals surface area contributed by atoms with Crippen molar-refractivity contribution in [3.63, 3.8) is 0 Å². The second kappa shape index (κ2) is 7.61. The molecule has 0 saturated heterocycles. The zero-order valence-corrected chi connectivity index (χ0v) is 12.9. The Morgan fingerprint density at radius 2 is 2.05 bits per heavy atom. The van der Waals surface area contributed by atoms with Crippen LogP contribution in [0.15, 0.2) is 17.7 Å². The van der Waals surface area contributed by atoms with Crippen LogP contribution >= 0.6 is 23.2 Å². The predicted molar refractivity (Wildman–Crippen MR) is 78.7 cm³/mol. The second-order valence-corrected chi connectivity index (χ2v) is 4.76. The largest absolute Gasteiger partial charge is 0.480 e. The van der Waals surface area contributed by atoms with Crippen molar-refractivity contribution in [1.29, 1.82) is 0 Å². The summed E-state index contributed by atoms with van der Waals surface area (Å²) in [7, 11) is 0. The fraction of sp³-hybridized carbons (Fsp3) is 0.357. The van der Waals surface area contributed by atoms with Gasteiger partial charge in [0.1, 0.15) is 12.4 Å². The molecule has 0 radical (unpaired) electrons. The topological polar surface area (TPSA) is 46.5 Å². The van der Waals surface area contributed by atoms with Gasteiger partial charge in [0.15, 0.2) is 12.3 Å². The maximum absolute atomic E-state index is 13.5. The molecule has 3 nitrogen and oxygen atoms in total. The molecule has 0 aliphatic carbocycles. The maximum Gasteiger partial charge on any atom is 0.335 e. The van der Waals surface area contributed by atoms with Crippen molar-refractivity contribution in [3.8, 4) is 5.75 Å². The molecule has 0 spiro atoms. The summed E-state index contributed by atoms with van der Waals surface area (Å²) < 4.78 is 31.1. The zero-order chi connectivity index (χ0) is 16.2. The third kappa shape index (κ3) is 3.86. The first-order valence-corrected chi connectivity index (χ1v) is 7.00. The van der Waals surface area contributed by atoms with Crippen molar-refractivity contribution in [2.75, 3.05) is 6.67 Å². The minimum absolute atomic E-state index is 0.0946. The van der Waals surface area contributed by atoms with E-state index in [2.05, 4.69) is 0 Å². The Morgan fingerprint density at radius 1 is 1.43 bits per heavy atom. The molecule has 1 N–H and O–H groups in total. The first kappa shape index (κ1) is 17.7. The van der Waals surface area contributed by atoms with Crippen LogP contribution in [0.25, 0.3) is 6.08 Å². The van der Waals surface area contributed by atoms with Crippen LogP contribution in [0.1, 0.15) is 19.4 Å². The highest BCUT2D eigenvalue weighted by atomic mass is 35.5. The number of carbonyl (C=O) groups is 1. The molecule has 1 aromatic rings. The number of rotatable bonds is 3. The van der Waals surface area contributed by atoms with Gasteiger partial charge in [-0.15, -0.1) is 0 Å². The van der Waals surface area contributed by atoms with Crippen LogP contribution in [0, 0.1) is 0 Å². The van der Waals surface area contributed by atoms with Gasteiger partial charge in [0.2, 0.25) is 0 Å². The van der Waals surface area contributed by atoms with Crippen molar-refractivity contribution >= 4 is 35.2 Å². The molecule has 0 bridgehead atoms. The van der Waals surface area contributed by atoms with Gasteiger partial charge in [-0.25, -0.2) is 13.6 Å². The van der Waals surface area contributed by atoms with Gasteiger partial charge >= 0.3 is 5.97 Å². The third-order valence-corrected chi connectivity index (χ3v) is 3.12. The number of hydrogen-bond acceptors (Lipinski definition) is 2. The van der Waals surface area contributed by atoms with Crippen LogP contribution in [0.4, 0.5) is 8.78 Å². The minimum Gasteiger partial charge on any atom is -0.480 e. The highest BCUT2D eigenvalue weighted by molar-refractivity contribution is 6.36. The molecule has 1 aromatic carbocycles. The Balaban J connectivity index is 0.00000106. The van der Waals surface area contributed by atoms with E-state index < -0.39 is 24.9 Å². The summed E-state index contributed by atoms with van der Waals surface area (Å²) in [6.07, 6.45) is -2.43. The van der Waals surface area contributed by atoms with Crippen molar-refractivity contribution in [3.05, 3.63) is 33.3 Å². The molecule has 0 fully saturated rings. The molecule has 2 rings (SSSR count). The van der Waals surface area contributed by atoms with Crippen molar-refractivity contribution in [2.24, 2.45) is 0 Å². The van der Waals surface area contributed by atoms with Crippen LogP contribution < -0.4 is 4.74 Å². The minimum atomic E-state index is -2.08. The van der Waals surface area contributed by atoms with E-state index >= 15 is 0 Å². The van der Waals surface area contributed by atoms with Gasteiger partial charge in [-0.05, 0) is 18.2 Å². The van der Waals surface area contributed by atoms with Crippen LogP contribution in [0.2, 0.25) is 10.0 Å². The van der Waals surface area contributed by atoms with E-state index in [1.165, 1.54) is 18.2 Å². The molecule has 1 aliphatic rings. The Kier molecular flexibility index (Phi) is 6.42. The fourth-order valence-corrected chi connectivity index (χ4v) is 2.34. The summed E-state index contributed by atoms with van der Waals surface area (Å²) >= 11 is 11.7. The highest BCUT2D eigenvalue weighted by Crippen LogP contribution is 2.39. The monoisotopic (exact) mass is 338 g/mol. The lowest BCUT2D eigenvalue weighted by Gasteiger charge is -2.27. The summed E-state index contributed by atoms with van der Waals surface area (Å²) in [6, 6.07) is 2.81. The quantitative estimate of drug-likeness (QED) is 0.878. The SMILES string of the molecule is CC.O=C(O)C1=Cc2cc(Cl)cc(Cl)c2OC1C(F)CF. The normalized spacial score (nSPS) is 17.6. The van der Waals surface area contributed by atoms with Crippen LogP contribution in [0.5, 0.6) is 5.75 Å². The number of fused-ring (bicyclic) bond motifs is 1. The Hall–Kier alpha value is -1.33. The number of alkyl halides is 2. The van der Waals surface area contributed by atoms with Gasteiger partial charge in [0, 0.05) is 10.6 Å². The van der Waals surface area contributed by atoms with Crippen LogP contribution in [-0.2, 0) is 4.79 Å². The molecule has 0 amide bonds. The molecule has 21 heavy (non-hydrogen) atoms. The molecular formula is C14H14Cl2F2O3. The molecule has 1 heterocycles. The number of hydrogen-bond donors (Lipinski definition) is 1. The van der Waals surface area contributed by atoms with Crippen LogP contribution in [-0.4, -0.2) is 30.0 Å². The smallest absolute Gasteiger partial charge is 0.335 e. The van der Waals surface area contributed by atoms with Crippen molar-refractivity contribution in [1.82, 2.24) is 0 Å². The van der Waals surface area contributed by atoms with E-state index in [0.29, 0.717) is 5.56 Å². The van der Waals surface area contributed by atoms with Gasteiger partial charge in [0.05, 0.1) is 10.6 Å². The molecule has 7 heteroatoms. The average Bonchev–Trinajstić information content (AvgIpc) is 2.47. The number of benzene rings is 1. The molecule has 2 atom stereocenters. The van der Waals surface area contributed by atoms with Gasteiger partial charge in [-0.1, -0.05) is 37.0 Å². The molecule has 116 valence electrons. The lowest BCUT2D eigenvalue weighted by atomic mass is 9.99. The third-order valence-electron chi connectivity index (χ3n) is 2.62. The molecule has 2 unspecified atom stereocenters. The Labute approximate surface area is 131 Å². The Morgan fingerprint density at radius 3 is 2.57 bits per heavy atom. The first-order valence-electron chi connectivity index (χ1n) is 6.24. The standard InChI is InChI=1S/C12H8Cl2F2O3.C2H6/c13-6-1-5-2-7(12(17)18)11(9(16)4-15)19-10(5)8(14)3-6;1-2/h1-3,9,11H,4H2,(H,17,18);1-2H3. The maximum atomic E-state index is 13.5. The lowest BCUT2D eigenvalue weighted by molar-refractivity contribution is -0.134. The van der Waals surface area contributed by atoms with Gasteiger partial charge < -0.3 is 9.84 Å². The van der Waals surface area contributed by atoms with E-state index in [1.54, 1.807) is 0 Å². The van der Waals surface area contributed by atoms with E-state index in [1.807, 2.05) is 13.8 Å². The number of halogens is 4. The lowest BCUT2D eigenvalue weighted by Crippen LogP contribution is -2.37. The first-order chi connectivity index (χ1) is 9.93. The summed E-state index contributed by atoms with van der Waals surface area (Å²) in [4.78, 5) is 11.1. The molecular weight excluding hydrogens is 325 g/mol. The molecule has 0 aromatic heterocycles. The summed E-state index contributed by atoms with van der Waals surface area (Å²) in [5, 5.41) is 9.41. The van der Waals surface area contributed by atoms with Crippen molar-refractivity contribution < 1.29 is 23.4 Å². The highest BCUT2D eigenvalue weighted by Gasteiger charge is 2.35. The van der Waals surface area contributed by atoms with E-state index in [9.17, 15) is 13.6 Å². The summed E-state index contributed by atoms with van der Waals surface area (Å²) in [5.74, 6) is -1.29. The van der Waals surface area contributed by atoms with Gasteiger partial charge in [0.25, 0.3) is 0 Å². The second-order valence-electron chi connectivity index (χ2n) is 3.92. The molecule has 0 saturated carbocycles. The average molecular weight is 339 g/mol. The van der Waals surface area contributed by atoms with Crippen molar-refractivity contribution in [2.45, 2.75) is 26.1 Å². The summed E-state index contributed by atoms with van der Waals surface area (Å²) in [6.45, 7) is 2.65. The summed E-state index contributed by atoms with van der Waals surface area (Å²) in [5.41, 5.74) is -0.0619.